The van der Waals surface area contributed by atoms with Crippen molar-refractivity contribution in [2.75, 3.05) is 6.61 Å². The number of fused-ring (bicyclic) bond motifs is 1. The number of nitrogens with zero attached hydrogens (tertiary/aromatic N) is 3. The topological polar surface area (TPSA) is 49.2 Å². The van der Waals surface area contributed by atoms with Crippen LogP contribution in [0.2, 0.25) is 0 Å². The first-order valence-electron chi connectivity index (χ1n) is 11.4. The minimum absolute atomic E-state index is 0.134. The number of rotatable bonds is 11. The van der Waals surface area contributed by atoms with E-state index in [1.54, 1.807) is 0 Å². The van der Waals surface area contributed by atoms with Gasteiger partial charge in [-0.15, -0.1) is 0 Å². The van der Waals surface area contributed by atoms with Gasteiger partial charge in [0.15, 0.2) is 6.61 Å². The van der Waals surface area contributed by atoms with E-state index in [1.807, 2.05) is 0 Å². The molecule has 5 nitrogen and oxygen atoms in total. The first-order chi connectivity index (χ1) is 20.9. The Labute approximate surface area is 244 Å². The van der Waals surface area contributed by atoms with E-state index in [1.165, 1.54) is 18.2 Å². The van der Waals surface area contributed by atoms with E-state index in [9.17, 15) is 87.8 Å². The van der Waals surface area contributed by atoms with Crippen LogP contribution in [0.5, 0.6) is 11.8 Å². The number of aromatic nitrogens is 3. The maximum absolute atomic E-state index is 14.3. The molecule has 3 aromatic rings. The van der Waals surface area contributed by atoms with Gasteiger partial charge < -0.3 is 9.47 Å². The van der Waals surface area contributed by atoms with Gasteiger partial charge in [0.1, 0.15) is 0 Å². The highest BCUT2D eigenvalue weighted by Crippen LogP contribution is 2.58. The molecule has 0 N–H and O–H groups in total. The first-order valence-corrected chi connectivity index (χ1v) is 11.4. The second-order valence-electron chi connectivity index (χ2n) is 9.07. The third-order valence-corrected chi connectivity index (χ3v) is 5.84. The first kappa shape index (κ1) is 37.5. The van der Waals surface area contributed by atoms with E-state index in [0.717, 1.165) is 18.3 Å². The normalized spacial score (nSPS) is 14.9. The molecule has 0 atom stereocenters. The number of para-hydroxylation sites is 1. The fraction of sp³-hybridized carbons (Fsp3) is 0.455. The molecule has 0 spiro atoms. The average molecular weight is 727 g/mol. The summed E-state index contributed by atoms with van der Waals surface area (Å²) in [6.45, 7) is -3.24. The third-order valence-electron chi connectivity index (χ3n) is 5.84. The summed E-state index contributed by atoms with van der Waals surface area (Å²) in [7, 11) is 0. The molecule has 0 unspecified atom stereocenters. The number of ether oxygens (including phenoxy) is 2. The van der Waals surface area contributed by atoms with Gasteiger partial charge in [0.25, 0.3) is 0 Å². The highest BCUT2D eigenvalue weighted by atomic mass is 19.4. The molecule has 2 heterocycles. The molecule has 0 aliphatic carbocycles. The highest BCUT2D eigenvalue weighted by Gasteiger charge is 2.88. The maximum atomic E-state index is 14.3. The molecule has 264 valence electrons. The Morgan fingerprint density at radius 3 is 1.57 bits per heavy atom. The smallest absolute Gasteiger partial charge is 0.471 e. The molecule has 2 aromatic heterocycles. The number of hydrogen-bond acceptors (Lipinski definition) is 4. The van der Waals surface area contributed by atoms with E-state index < -0.39 is 84.4 Å². The Hall–Kier alpha value is -3.96. The van der Waals surface area contributed by atoms with Gasteiger partial charge in [-0.1, -0.05) is 18.2 Å². The minimum atomic E-state index is -8.00. The van der Waals surface area contributed by atoms with Crippen molar-refractivity contribution in [2.45, 2.75) is 54.0 Å². The van der Waals surface area contributed by atoms with Gasteiger partial charge in [0, 0.05) is 11.6 Å². The Balaban J connectivity index is 2.12. The van der Waals surface area contributed by atoms with E-state index in [-0.39, 0.29) is 10.9 Å². The van der Waals surface area contributed by atoms with E-state index in [4.69, 9.17) is 0 Å². The molecule has 0 fully saturated rings. The van der Waals surface area contributed by atoms with Crippen molar-refractivity contribution < 1.29 is 97.3 Å². The second-order valence-corrected chi connectivity index (χ2v) is 9.07. The van der Waals surface area contributed by atoms with Crippen molar-refractivity contribution in [3.63, 3.8) is 0 Å². The Morgan fingerprint density at radius 1 is 0.553 bits per heavy atom. The summed E-state index contributed by atoms with van der Waals surface area (Å²) in [5.41, 5.74) is -0.134. The largest absolute Gasteiger partial charge is 0.472 e. The lowest BCUT2D eigenvalue weighted by atomic mass is 10.0. The van der Waals surface area contributed by atoms with Crippen molar-refractivity contribution in [2.24, 2.45) is 0 Å². The van der Waals surface area contributed by atoms with Gasteiger partial charge in [-0.2, -0.15) is 97.8 Å². The predicted octanol–water partition coefficient (Wildman–Crippen LogP) is 8.71. The standard InChI is InChI=1S/C22H9F20N3O2/c23-14(24,15(25,26)17(29,30)20(35,36)37)8-46-11-7-12(44-13(43-11)45-6-5-9-3-1-2-4-10(9)45)47-22(41,42)19(33,34)16(27,28)18(31,32)21(38,39)40/h1-7H,8H2. The van der Waals surface area contributed by atoms with Crippen molar-refractivity contribution >= 4 is 10.9 Å². The molecule has 0 saturated carbocycles. The van der Waals surface area contributed by atoms with Crippen LogP contribution in [0.15, 0.2) is 42.6 Å². The van der Waals surface area contributed by atoms with Crippen LogP contribution in [-0.4, -0.2) is 75.1 Å². The van der Waals surface area contributed by atoms with Crippen LogP contribution >= 0.6 is 0 Å². The molecular weight excluding hydrogens is 718 g/mol. The number of benzene rings is 1. The zero-order valence-electron chi connectivity index (χ0n) is 21.5. The number of halogens is 20. The summed E-state index contributed by atoms with van der Waals surface area (Å²) in [6.07, 6.45) is -21.1. The van der Waals surface area contributed by atoms with E-state index in [0.29, 0.717) is 4.57 Å². The zero-order chi connectivity index (χ0) is 36.4. The van der Waals surface area contributed by atoms with Crippen LogP contribution < -0.4 is 9.47 Å². The van der Waals surface area contributed by atoms with Crippen LogP contribution in [0.3, 0.4) is 0 Å². The monoisotopic (exact) mass is 727 g/mol. The number of hydrogen-bond donors (Lipinski definition) is 0. The minimum Gasteiger partial charge on any atom is -0.471 e. The van der Waals surface area contributed by atoms with Crippen LogP contribution in [-0.2, 0) is 0 Å². The quantitative estimate of drug-likeness (QED) is 0.186. The van der Waals surface area contributed by atoms with Crippen LogP contribution in [0.1, 0.15) is 0 Å². The maximum Gasteiger partial charge on any atom is 0.472 e. The molecule has 25 heteroatoms. The summed E-state index contributed by atoms with van der Waals surface area (Å²) >= 11 is 0. The molecule has 3 rings (SSSR count). The third kappa shape index (κ3) is 5.99. The lowest BCUT2D eigenvalue weighted by molar-refractivity contribution is -0.445. The lowest BCUT2D eigenvalue weighted by Gasteiger charge is -2.36. The molecule has 47 heavy (non-hydrogen) atoms. The van der Waals surface area contributed by atoms with Crippen LogP contribution in [0.4, 0.5) is 87.8 Å². The number of alkyl halides is 20. The molecule has 1 aromatic carbocycles. The molecular formula is C22H9F20N3O2. The SMILES string of the molecule is FC(F)(F)C(F)(F)C(F)(F)C(F)(F)COc1cc(OC(F)(F)C(F)(F)C(F)(F)C(F)(F)C(F)(F)F)nc(-n2ccc3ccccc32)n1. The molecule has 0 aliphatic rings. The van der Waals surface area contributed by atoms with Crippen LogP contribution in [0.25, 0.3) is 16.9 Å². The lowest BCUT2D eigenvalue weighted by Crippen LogP contribution is -2.67. The van der Waals surface area contributed by atoms with Crippen molar-refractivity contribution in [3.05, 3.63) is 42.6 Å². The molecule has 0 amide bonds. The predicted molar refractivity (Wildman–Crippen MR) is 112 cm³/mol. The fourth-order valence-electron chi connectivity index (χ4n) is 3.30. The summed E-state index contributed by atoms with van der Waals surface area (Å²) in [4.78, 5) is 6.11. The van der Waals surface area contributed by atoms with Gasteiger partial charge >= 0.3 is 54.0 Å². The van der Waals surface area contributed by atoms with Crippen molar-refractivity contribution in [1.82, 2.24) is 14.5 Å². The van der Waals surface area contributed by atoms with Gasteiger partial charge in [-0.25, -0.2) is 0 Å². The van der Waals surface area contributed by atoms with Gasteiger partial charge in [-0.3, -0.25) is 4.57 Å². The van der Waals surface area contributed by atoms with Crippen molar-refractivity contribution in [1.29, 1.82) is 0 Å². The Bertz CT molecular complexity index is 1590. The fourth-order valence-corrected chi connectivity index (χ4v) is 3.30. The Morgan fingerprint density at radius 2 is 1.04 bits per heavy atom. The van der Waals surface area contributed by atoms with Crippen molar-refractivity contribution in [3.8, 4) is 17.7 Å². The molecule has 0 radical (unpaired) electrons. The molecule has 0 saturated heterocycles. The summed E-state index contributed by atoms with van der Waals surface area (Å²) in [5.74, 6) is -50.5. The summed E-state index contributed by atoms with van der Waals surface area (Å²) in [6, 6.07) is 5.57. The molecule has 0 aliphatic heterocycles. The molecule has 0 bridgehead atoms. The van der Waals surface area contributed by atoms with Gasteiger partial charge in [0.05, 0.1) is 11.6 Å². The Kier molecular flexibility index (Phi) is 8.82. The second kappa shape index (κ2) is 11.1. The van der Waals surface area contributed by atoms with Crippen LogP contribution in [0, 0.1) is 0 Å². The summed E-state index contributed by atoms with van der Waals surface area (Å²) in [5, 5.41) is 0.163. The van der Waals surface area contributed by atoms with E-state index in [2.05, 4.69) is 19.4 Å². The average Bonchev–Trinajstić information content (AvgIpc) is 3.34. The van der Waals surface area contributed by atoms with E-state index >= 15 is 0 Å². The van der Waals surface area contributed by atoms with Gasteiger partial charge in [0.2, 0.25) is 17.7 Å². The highest BCUT2D eigenvalue weighted by molar-refractivity contribution is 5.81. The summed E-state index contributed by atoms with van der Waals surface area (Å²) < 4.78 is 273. The van der Waals surface area contributed by atoms with Gasteiger partial charge in [-0.05, 0) is 12.1 Å². The zero-order valence-corrected chi connectivity index (χ0v) is 21.5.